The van der Waals surface area contributed by atoms with E-state index >= 15 is 0 Å². The lowest BCUT2D eigenvalue weighted by atomic mass is 10.1. The number of carboxylic acid groups (broad SMARTS) is 1. The summed E-state index contributed by atoms with van der Waals surface area (Å²) in [6.45, 7) is 5.04. The normalized spacial score (nSPS) is 16.1. The third-order valence-corrected chi connectivity index (χ3v) is 2.65. The third kappa shape index (κ3) is 3.73. The summed E-state index contributed by atoms with van der Waals surface area (Å²) in [4.78, 5) is 23.9. The fraction of sp³-hybridized carbons (Fsp3) is 0.636. The van der Waals surface area contributed by atoms with E-state index < -0.39 is 5.97 Å². The van der Waals surface area contributed by atoms with Crippen LogP contribution in [0.3, 0.4) is 0 Å². The van der Waals surface area contributed by atoms with Crippen LogP contribution in [0.25, 0.3) is 0 Å². The Bertz CT molecular complexity index is 267. The van der Waals surface area contributed by atoms with Gasteiger partial charge in [-0.25, -0.2) is 4.79 Å². The summed E-state index contributed by atoms with van der Waals surface area (Å²) >= 11 is 0. The molecule has 1 saturated heterocycles. The molecule has 0 unspecified atom stereocenters. The molecule has 0 aromatic carbocycles. The second-order valence-electron chi connectivity index (χ2n) is 3.85. The maximum atomic E-state index is 11.6. The lowest BCUT2D eigenvalue weighted by Crippen LogP contribution is -2.35. The highest BCUT2D eigenvalue weighted by Gasteiger charge is 2.17. The van der Waals surface area contributed by atoms with Crippen LogP contribution in [0.5, 0.6) is 0 Å². The lowest BCUT2D eigenvalue weighted by Gasteiger charge is -2.26. The summed E-state index contributed by atoms with van der Waals surface area (Å²) in [6, 6.07) is 0. The van der Waals surface area contributed by atoms with Gasteiger partial charge in [-0.2, -0.15) is 0 Å². The molecular formula is C11H17NO3. The summed E-state index contributed by atoms with van der Waals surface area (Å²) in [5, 5.41) is 8.58. The van der Waals surface area contributed by atoms with Crippen molar-refractivity contribution >= 4 is 11.9 Å². The molecule has 0 radical (unpaired) electrons. The van der Waals surface area contributed by atoms with E-state index in [4.69, 9.17) is 5.11 Å². The summed E-state index contributed by atoms with van der Waals surface area (Å²) in [5.74, 6) is -0.960. The van der Waals surface area contributed by atoms with E-state index in [0.29, 0.717) is 0 Å². The van der Waals surface area contributed by atoms with Gasteiger partial charge in [0.2, 0.25) is 5.91 Å². The first-order valence-electron chi connectivity index (χ1n) is 5.30. The molecule has 0 spiro atoms. The van der Waals surface area contributed by atoms with E-state index in [0.717, 1.165) is 25.9 Å². The number of hydrogen-bond donors (Lipinski definition) is 1. The Hall–Kier alpha value is -1.32. The van der Waals surface area contributed by atoms with Crippen LogP contribution in [-0.4, -0.2) is 35.0 Å². The topological polar surface area (TPSA) is 57.6 Å². The average Bonchev–Trinajstić information content (AvgIpc) is 2.26. The second kappa shape index (κ2) is 5.53. The summed E-state index contributed by atoms with van der Waals surface area (Å²) in [5.41, 5.74) is 0.111. The van der Waals surface area contributed by atoms with Gasteiger partial charge in [0.25, 0.3) is 0 Å². The highest BCUT2D eigenvalue weighted by atomic mass is 16.4. The Morgan fingerprint density at radius 2 is 1.73 bits per heavy atom. The van der Waals surface area contributed by atoms with Gasteiger partial charge < -0.3 is 10.0 Å². The standard InChI is InChI=1S/C11H17NO3/c1-9(11(14)15)5-6-10(13)12-7-3-2-4-8-12/h1-8H2,(H,14,15). The van der Waals surface area contributed by atoms with Gasteiger partial charge in [0, 0.05) is 25.1 Å². The van der Waals surface area contributed by atoms with Crippen molar-refractivity contribution in [1.29, 1.82) is 0 Å². The smallest absolute Gasteiger partial charge is 0.330 e. The number of piperidine rings is 1. The van der Waals surface area contributed by atoms with Crippen LogP contribution in [0.2, 0.25) is 0 Å². The van der Waals surface area contributed by atoms with E-state index in [-0.39, 0.29) is 24.3 Å². The van der Waals surface area contributed by atoms with Crippen LogP contribution in [-0.2, 0) is 9.59 Å². The maximum Gasteiger partial charge on any atom is 0.330 e. The van der Waals surface area contributed by atoms with Crippen molar-refractivity contribution in [3.8, 4) is 0 Å². The first-order valence-corrected chi connectivity index (χ1v) is 5.30. The van der Waals surface area contributed by atoms with Crippen LogP contribution in [0.4, 0.5) is 0 Å². The molecule has 4 heteroatoms. The van der Waals surface area contributed by atoms with Crippen LogP contribution >= 0.6 is 0 Å². The zero-order chi connectivity index (χ0) is 11.3. The molecule has 0 bridgehead atoms. The molecule has 4 nitrogen and oxygen atoms in total. The van der Waals surface area contributed by atoms with Crippen LogP contribution in [0.1, 0.15) is 32.1 Å². The van der Waals surface area contributed by atoms with E-state index in [1.54, 1.807) is 0 Å². The second-order valence-corrected chi connectivity index (χ2v) is 3.85. The molecule has 84 valence electrons. The molecule has 15 heavy (non-hydrogen) atoms. The Balaban J connectivity index is 2.28. The molecule has 0 aliphatic carbocycles. The number of carbonyl (C=O) groups is 2. The molecule has 0 aromatic heterocycles. The number of carbonyl (C=O) groups excluding carboxylic acids is 1. The van der Waals surface area contributed by atoms with Crippen LogP contribution in [0, 0.1) is 0 Å². The van der Waals surface area contributed by atoms with Crippen molar-refractivity contribution in [3.63, 3.8) is 0 Å². The van der Waals surface area contributed by atoms with E-state index in [9.17, 15) is 9.59 Å². The van der Waals surface area contributed by atoms with Gasteiger partial charge in [-0.3, -0.25) is 4.79 Å². The number of hydrogen-bond acceptors (Lipinski definition) is 2. The number of carboxylic acids is 1. The quantitative estimate of drug-likeness (QED) is 0.715. The van der Waals surface area contributed by atoms with Crippen LogP contribution in [0.15, 0.2) is 12.2 Å². The van der Waals surface area contributed by atoms with Crippen LogP contribution < -0.4 is 0 Å². The van der Waals surface area contributed by atoms with Crippen molar-refractivity contribution in [1.82, 2.24) is 4.90 Å². The van der Waals surface area contributed by atoms with Gasteiger partial charge in [-0.1, -0.05) is 6.58 Å². The fourth-order valence-corrected chi connectivity index (χ4v) is 1.67. The highest BCUT2D eigenvalue weighted by Crippen LogP contribution is 2.12. The van der Waals surface area contributed by atoms with Gasteiger partial charge in [-0.05, 0) is 25.7 Å². The Morgan fingerprint density at radius 1 is 1.13 bits per heavy atom. The molecule has 0 saturated carbocycles. The first-order chi connectivity index (χ1) is 7.11. The molecule has 1 fully saturated rings. The van der Waals surface area contributed by atoms with Crippen molar-refractivity contribution in [3.05, 3.63) is 12.2 Å². The Morgan fingerprint density at radius 3 is 2.27 bits per heavy atom. The monoisotopic (exact) mass is 211 g/mol. The number of nitrogens with zero attached hydrogens (tertiary/aromatic N) is 1. The summed E-state index contributed by atoms with van der Waals surface area (Å²) in [7, 11) is 0. The number of likely N-dealkylation sites (tertiary alicyclic amines) is 1. The molecule has 0 atom stereocenters. The first kappa shape index (κ1) is 11.8. The summed E-state index contributed by atoms with van der Waals surface area (Å²) < 4.78 is 0. The van der Waals surface area contributed by atoms with E-state index in [1.807, 2.05) is 4.90 Å². The third-order valence-electron chi connectivity index (χ3n) is 2.65. The fourth-order valence-electron chi connectivity index (χ4n) is 1.67. The van der Waals surface area contributed by atoms with Gasteiger partial charge in [0.15, 0.2) is 0 Å². The lowest BCUT2D eigenvalue weighted by molar-refractivity contribution is -0.133. The van der Waals surface area contributed by atoms with Gasteiger partial charge >= 0.3 is 5.97 Å². The van der Waals surface area contributed by atoms with Crippen molar-refractivity contribution in [2.75, 3.05) is 13.1 Å². The highest BCUT2D eigenvalue weighted by molar-refractivity contribution is 5.87. The van der Waals surface area contributed by atoms with E-state index in [2.05, 4.69) is 6.58 Å². The number of aliphatic carboxylic acids is 1. The number of rotatable bonds is 4. The zero-order valence-electron chi connectivity index (χ0n) is 8.87. The van der Waals surface area contributed by atoms with Gasteiger partial charge in [0.1, 0.15) is 0 Å². The van der Waals surface area contributed by atoms with Crippen molar-refractivity contribution in [2.24, 2.45) is 0 Å². The molecule has 1 amide bonds. The number of amides is 1. The minimum absolute atomic E-state index is 0.0529. The van der Waals surface area contributed by atoms with Crippen molar-refractivity contribution < 1.29 is 14.7 Å². The van der Waals surface area contributed by atoms with E-state index in [1.165, 1.54) is 6.42 Å². The van der Waals surface area contributed by atoms with Gasteiger partial charge in [-0.15, -0.1) is 0 Å². The van der Waals surface area contributed by atoms with Crippen molar-refractivity contribution in [2.45, 2.75) is 32.1 Å². The van der Waals surface area contributed by atoms with Gasteiger partial charge in [0.05, 0.1) is 0 Å². The largest absolute Gasteiger partial charge is 0.478 e. The predicted molar refractivity (Wildman–Crippen MR) is 56.4 cm³/mol. The zero-order valence-corrected chi connectivity index (χ0v) is 8.87. The maximum absolute atomic E-state index is 11.6. The molecule has 1 aliphatic rings. The molecule has 1 N–H and O–H groups in total. The Kier molecular flexibility index (Phi) is 4.34. The SMILES string of the molecule is C=C(CCC(=O)N1CCCCC1)C(=O)O. The minimum atomic E-state index is -1.01. The molecule has 0 aromatic rings. The molecular weight excluding hydrogens is 194 g/mol. The Labute approximate surface area is 89.6 Å². The average molecular weight is 211 g/mol. The predicted octanol–water partition coefficient (Wildman–Crippen LogP) is 1.42. The molecule has 1 heterocycles. The molecule has 1 aliphatic heterocycles. The molecule has 1 rings (SSSR count). The summed E-state index contributed by atoms with van der Waals surface area (Å²) in [6.07, 6.45) is 3.83. The minimum Gasteiger partial charge on any atom is -0.478 e.